The highest BCUT2D eigenvalue weighted by Gasteiger charge is 2.77. The molecule has 3 fully saturated rings. The number of hydrogen-bond donors (Lipinski definition) is 0. The predicted molar refractivity (Wildman–Crippen MR) is 86.5 cm³/mol. The summed E-state index contributed by atoms with van der Waals surface area (Å²) in [6.45, 7) is 2.01. The van der Waals surface area contributed by atoms with Crippen molar-refractivity contribution in [2.24, 2.45) is 11.8 Å². The van der Waals surface area contributed by atoms with Crippen LogP contribution in [0.3, 0.4) is 0 Å². The Morgan fingerprint density at radius 3 is 2.67 bits per heavy atom. The molecule has 0 spiro atoms. The van der Waals surface area contributed by atoms with Crippen LogP contribution in [0.2, 0.25) is 0 Å². The number of hydrogen-bond acceptors (Lipinski definition) is 5. The molecule has 1 saturated carbocycles. The van der Waals surface area contributed by atoms with Crippen molar-refractivity contribution >= 4 is 11.8 Å². The van der Waals surface area contributed by atoms with Crippen molar-refractivity contribution in [2.75, 3.05) is 7.11 Å². The molecule has 3 aliphatic rings. The fourth-order valence-electron chi connectivity index (χ4n) is 4.53. The van der Waals surface area contributed by atoms with Gasteiger partial charge in [0.15, 0.2) is 11.5 Å². The highest BCUT2D eigenvalue weighted by molar-refractivity contribution is 5.92. The SMILES string of the molecule is CCCC(=O)[C@@]1(C2C[C@H]2C(=O)OC)CC[C@@]2(c3ccccc3)ON21. The second kappa shape index (κ2) is 5.39. The van der Waals surface area contributed by atoms with E-state index in [1.807, 2.05) is 42.3 Å². The number of Topliss-reactive ketones (excluding diaryl/α,β-unsaturated/α-hetero) is 1. The van der Waals surface area contributed by atoms with Crippen LogP contribution in [-0.2, 0) is 24.9 Å². The standard InChI is InChI=1S/C19H23NO4/c1-3-7-16(21)18(15-12-14(15)17(22)23-2)10-11-19(20(18)24-19)13-8-5-4-6-9-13/h4-6,8-9,14-15H,3,7,10-12H2,1-2H3/t14-,15?,18+,19+,20?/m1/s1. The van der Waals surface area contributed by atoms with Gasteiger partial charge >= 0.3 is 5.97 Å². The van der Waals surface area contributed by atoms with Gasteiger partial charge < -0.3 is 4.74 Å². The first-order chi connectivity index (χ1) is 11.6. The van der Waals surface area contributed by atoms with Gasteiger partial charge in [0.25, 0.3) is 0 Å². The number of fused-ring (bicyclic) bond motifs is 1. The first kappa shape index (κ1) is 15.8. The minimum Gasteiger partial charge on any atom is -0.469 e. The number of esters is 1. The van der Waals surface area contributed by atoms with E-state index in [0.717, 1.165) is 24.8 Å². The zero-order valence-electron chi connectivity index (χ0n) is 14.2. The van der Waals surface area contributed by atoms with Crippen LogP contribution in [0.1, 0.15) is 44.6 Å². The lowest BCUT2D eigenvalue weighted by Gasteiger charge is -2.29. The Bertz CT molecular complexity index is 675. The molecule has 1 aromatic rings. The largest absolute Gasteiger partial charge is 0.469 e. The summed E-state index contributed by atoms with van der Waals surface area (Å²) < 4.78 is 4.90. The molecule has 0 amide bonds. The summed E-state index contributed by atoms with van der Waals surface area (Å²) in [6.07, 6.45) is 3.58. The molecular weight excluding hydrogens is 306 g/mol. The summed E-state index contributed by atoms with van der Waals surface area (Å²) in [5.74, 6) is -0.164. The van der Waals surface area contributed by atoms with E-state index < -0.39 is 11.3 Å². The molecule has 5 heteroatoms. The summed E-state index contributed by atoms with van der Waals surface area (Å²) in [5.41, 5.74) is -0.0510. The molecule has 1 aliphatic carbocycles. The predicted octanol–water partition coefficient (Wildman–Crippen LogP) is 2.80. The Kier molecular flexibility index (Phi) is 3.55. The quantitative estimate of drug-likeness (QED) is 0.593. The van der Waals surface area contributed by atoms with E-state index in [9.17, 15) is 9.59 Å². The van der Waals surface area contributed by atoms with Crippen molar-refractivity contribution in [1.82, 2.24) is 5.06 Å². The summed E-state index contributed by atoms with van der Waals surface area (Å²) in [6, 6.07) is 10.1. The molecule has 0 N–H and O–H groups in total. The molecule has 1 aromatic carbocycles. The number of methoxy groups -OCH3 is 1. The van der Waals surface area contributed by atoms with Gasteiger partial charge in [0.05, 0.1) is 13.0 Å². The van der Waals surface area contributed by atoms with E-state index in [0.29, 0.717) is 12.8 Å². The van der Waals surface area contributed by atoms with E-state index in [4.69, 9.17) is 9.57 Å². The highest BCUT2D eigenvalue weighted by Crippen LogP contribution is 2.67. The lowest BCUT2D eigenvalue weighted by molar-refractivity contribution is -0.144. The number of hydroxylamine groups is 2. The molecule has 2 heterocycles. The lowest BCUT2D eigenvalue weighted by atomic mass is 9.83. The van der Waals surface area contributed by atoms with Crippen LogP contribution in [0.15, 0.2) is 30.3 Å². The Morgan fingerprint density at radius 1 is 1.29 bits per heavy atom. The Morgan fingerprint density at radius 2 is 2.04 bits per heavy atom. The number of ketones is 1. The summed E-state index contributed by atoms with van der Waals surface area (Å²) in [4.78, 5) is 31.0. The maximum atomic E-state index is 13.0. The van der Waals surface area contributed by atoms with E-state index >= 15 is 0 Å². The van der Waals surface area contributed by atoms with Crippen LogP contribution >= 0.6 is 0 Å². The van der Waals surface area contributed by atoms with Crippen molar-refractivity contribution < 1.29 is 19.2 Å². The summed E-state index contributed by atoms with van der Waals surface area (Å²) >= 11 is 0. The number of carbonyl (C=O) groups is 2. The molecular formula is C19H23NO4. The van der Waals surface area contributed by atoms with Gasteiger partial charge in [-0.2, -0.15) is 0 Å². The number of benzene rings is 1. The molecule has 24 heavy (non-hydrogen) atoms. The molecule has 4 rings (SSSR count). The van der Waals surface area contributed by atoms with Gasteiger partial charge in [-0.15, -0.1) is 5.06 Å². The minimum absolute atomic E-state index is 0.0112. The van der Waals surface area contributed by atoms with E-state index in [2.05, 4.69) is 0 Å². The maximum absolute atomic E-state index is 13.0. The second-order valence-corrected chi connectivity index (χ2v) is 7.11. The van der Waals surface area contributed by atoms with Crippen molar-refractivity contribution in [1.29, 1.82) is 0 Å². The monoisotopic (exact) mass is 329 g/mol. The van der Waals surface area contributed by atoms with Crippen molar-refractivity contribution in [2.45, 2.75) is 50.3 Å². The van der Waals surface area contributed by atoms with Gasteiger partial charge in [-0.25, -0.2) is 0 Å². The van der Waals surface area contributed by atoms with Gasteiger partial charge in [-0.3, -0.25) is 14.4 Å². The lowest BCUT2D eigenvalue weighted by Crippen LogP contribution is -2.47. The molecule has 5 atom stereocenters. The molecule has 2 aliphatic heterocycles. The molecule has 2 unspecified atom stereocenters. The molecule has 0 aromatic heterocycles. The molecule has 5 nitrogen and oxygen atoms in total. The van der Waals surface area contributed by atoms with Crippen molar-refractivity contribution in [3.8, 4) is 0 Å². The molecule has 2 saturated heterocycles. The van der Waals surface area contributed by atoms with Gasteiger partial charge in [0.2, 0.25) is 0 Å². The highest BCUT2D eigenvalue weighted by atomic mass is 16.9. The van der Waals surface area contributed by atoms with Gasteiger partial charge in [-0.1, -0.05) is 37.3 Å². The Hall–Kier alpha value is -1.72. The molecule has 128 valence electrons. The maximum Gasteiger partial charge on any atom is 0.309 e. The summed E-state index contributed by atoms with van der Waals surface area (Å²) in [5, 5.41) is 1.90. The van der Waals surface area contributed by atoms with Gasteiger partial charge in [-0.05, 0) is 19.3 Å². The fourth-order valence-corrected chi connectivity index (χ4v) is 4.53. The van der Waals surface area contributed by atoms with Crippen molar-refractivity contribution in [3.63, 3.8) is 0 Å². The molecule has 0 bridgehead atoms. The third-order valence-electron chi connectivity index (χ3n) is 5.84. The van der Waals surface area contributed by atoms with Crippen LogP contribution in [0.5, 0.6) is 0 Å². The number of carbonyl (C=O) groups excluding carboxylic acids is 2. The topological polar surface area (TPSA) is 58.9 Å². The fraction of sp³-hybridized carbons (Fsp3) is 0.579. The average Bonchev–Trinajstić information content (AvgIpc) is 3.53. The van der Waals surface area contributed by atoms with E-state index in [1.54, 1.807) is 0 Å². The van der Waals surface area contributed by atoms with Crippen LogP contribution in [0, 0.1) is 11.8 Å². The first-order valence-corrected chi connectivity index (χ1v) is 8.76. The van der Waals surface area contributed by atoms with Gasteiger partial charge in [0, 0.05) is 24.3 Å². The third-order valence-corrected chi connectivity index (χ3v) is 5.84. The third kappa shape index (κ3) is 2.01. The Balaban J connectivity index is 1.65. The van der Waals surface area contributed by atoms with E-state index in [-0.39, 0.29) is 23.6 Å². The van der Waals surface area contributed by atoms with Crippen LogP contribution in [0.25, 0.3) is 0 Å². The van der Waals surface area contributed by atoms with Crippen LogP contribution in [0.4, 0.5) is 0 Å². The van der Waals surface area contributed by atoms with Gasteiger partial charge in [0.1, 0.15) is 5.54 Å². The number of nitrogens with zero attached hydrogens (tertiary/aromatic N) is 1. The van der Waals surface area contributed by atoms with Crippen LogP contribution in [-0.4, -0.2) is 29.5 Å². The second-order valence-electron chi connectivity index (χ2n) is 7.11. The zero-order valence-corrected chi connectivity index (χ0v) is 14.2. The average molecular weight is 329 g/mol. The van der Waals surface area contributed by atoms with Crippen molar-refractivity contribution in [3.05, 3.63) is 35.9 Å². The van der Waals surface area contributed by atoms with Crippen LogP contribution < -0.4 is 0 Å². The molecule has 0 radical (unpaired) electrons. The smallest absolute Gasteiger partial charge is 0.309 e. The first-order valence-electron chi connectivity index (χ1n) is 8.76. The Labute approximate surface area is 141 Å². The minimum atomic E-state index is -0.662. The summed E-state index contributed by atoms with van der Waals surface area (Å²) in [7, 11) is 1.41. The number of rotatable bonds is 6. The zero-order chi connectivity index (χ0) is 16.9. The van der Waals surface area contributed by atoms with E-state index in [1.165, 1.54) is 7.11 Å². The number of ether oxygens (including phenoxy) is 1. The normalized spacial score (nSPS) is 39.2.